The van der Waals surface area contributed by atoms with Gasteiger partial charge in [-0.05, 0) is 49.6 Å². The van der Waals surface area contributed by atoms with Crippen LogP contribution in [0.4, 0.5) is 0 Å². The molecule has 3 heteroatoms. The molecule has 18 heavy (non-hydrogen) atoms. The lowest BCUT2D eigenvalue weighted by atomic mass is 9.88. The quantitative estimate of drug-likeness (QED) is 0.873. The molecule has 2 fully saturated rings. The van der Waals surface area contributed by atoms with E-state index in [1.54, 1.807) is 0 Å². The Morgan fingerprint density at radius 2 is 2.22 bits per heavy atom. The molecule has 2 N–H and O–H groups in total. The average molecular weight is 264 g/mol. The maximum atomic E-state index is 3.80. The van der Waals surface area contributed by atoms with Crippen molar-refractivity contribution in [1.82, 2.24) is 10.6 Å². The highest BCUT2D eigenvalue weighted by Gasteiger charge is 2.33. The third-order valence-electron chi connectivity index (χ3n) is 4.55. The van der Waals surface area contributed by atoms with Crippen molar-refractivity contribution >= 4 is 11.3 Å². The molecule has 1 aliphatic heterocycles. The minimum absolute atomic E-state index is 0.739. The van der Waals surface area contributed by atoms with Crippen LogP contribution in [0.5, 0.6) is 0 Å². The number of thiophene rings is 1. The van der Waals surface area contributed by atoms with Crippen molar-refractivity contribution in [1.29, 1.82) is 0 Å². The Morgan fingerprint density at radius 3 is 3.00 bits per heavy atom. The number of nitrogens with one attached hydrogen (secondary N) is 2. The molecular formula is C15H24N2S. The van der Waals surface area contributed by atoms with E-state index in [0.29, 0.717) is 0 Å². The van der Waals surface area contributed by atoms with Gasteiger partial charge in [-0.2, -0.15) is 0 Å². The first-order valence-electron chi connectivity index (χ1n) is 7.42. The fourth-order valence-electron chi connectivity index (χ4n) is 3.61. The van der Waals surface area contributed by atoms with E-state index in [1.165, 1.54) is 49.9 Å². The van der Waals surface area contributed by atoms with Crippen LogP contribution in [0.3, 0.4) is 0 Å². The molecule has 2 heterocycles. The lowest BCUT2D eigenvalue weighted by molar-refractivity contribution is 0.257. The van der Waals surface area contributed by atoms with Crippen LogP contribution < -0.4 is 10.6 Å². The van der Waals surface area contributed by atoms with Crippen LogP contribution in [0.25, 0.3) is 0 Å². The zero-order chi connectivity index (χ0) is 12.2. The second kappa shape index (κ2) is 6.18. The van der Waals surface area contributed by atoms with Crippen LogP contribution >= 0.6 is 11.3 Å². The van der Waals surface area contributed by atoms with Gasteiger partial charge in [-0.3, -0.25) is 0 Å². The van der Waals surface area contributed by atoms with Gasteiger partial charge in [-0.15, -0.1) is 11.3 Å². The molecule has 1 aliphatic carbocycles. The molecule has 0 amide bonds. The molecule has 1 aromatic rings. The summed E-state index contributed by atoms with van der Waals surface area (Å²) < 4.78 is 0. The fraction of sp³-hybridized carbons (Fsp3) is 0.733. The molecule has 0 bridgehead atoms. The molecule has 0 radical (unpaired) electrons. The molecule has 2 aliphatic rings. The smallest absolute Gasteiger partial charge is 0.0302 e. The lowest BCUT2D eigenvalue weighted by Crippen LogP contribution is -2.46. The second-order valence-corrected chi connectivity index (χ2v) is 6.75. The molecule has 0 aromatic carbocycles. The Bertz CT molecular complexity index is 343. The van der Waals surface area contributed by atoms with Crippen LogP contribution in [0.15, 0.2) is 17.5 Å². The highest BCUT2D eigenvalue weighted by molar-refractivity contribution is 7.09. The summed E-state index contributed by atoms with van der Waals surface area (Å²) in [6.07, 6.45) is 8.38. The van der Waals surface area contributed by atoms with Gasteiger partial charge in [-0.1, -0.05) is 18.9 Å². The van der Waals surface area contributed by atoms with E-state index < -0.39 is 0 Å². The van der Waals surface area contributed by atoms with E-state index in [2.05, 4.69) is 28.1 Å². The topological polar surface area (TPSA) is 24.1 Å². The highest BCUT2D eigenvalue weighted by atomic mass is 32.1. The summed E-state index contributed by atoms with van der Waals surface area (Å²) in [5, 5.41) is 9.72. The molecule has 1 saturated heterocycles. The molecular weight excluding hydrogens is 240 g/mol. The van der Waals surface area contributed by atoms with Crippen molar-refractivity contribution in [3.63, 3.8) is 0 Å². The van der Waals surface area contributed by atoms with Gasteiger partial charge >= 0.3 is 0 Å². The van der Waals surface area contributed by atoms with Gasteiger partial charge in [0.1, 0.15) is 0 Å². The Labute approximate surface area is 114 Å². The molecule has 0 spiro atoms. The maximum Gasteiger partial charge on any atom is 0.0302 e. The van der Waals surface area contributed by atoms with E-state index in [4.69, 9.17) is 0 Å². The fourth-order valence-corrected chi connectivity index (χ4v) is 4.27. The zero-order valence-corrected chi connectivity index (χ0v) is 11.8. The van der Waals surface area contributed by atoms with E-state index in [-0.39, 0.29) is 0 Å². The summed E-state index contributed by atoms with van der Waals surface area (Å²) >= 11 is 1.86. The molecule has 3 atom stereocenters. The third-order valence-corrected chi connectivity index (χ3v) is 5.43. The van der Waals surface area contributed by atoms with Crippen molar-refractivity contribution in [2.45, 2.75) is 57.2 Å². The van der Waals surface area contributed by atoms with E-state index in [0.717, 1.165) is 24.5 Å². The van der Waals surface area contributed by atoms with Gasteiger partial charge in [0.2, 0.25) is 0 Å². The van der Waals surface area contributed by atoms with Crippen LogP contribution in [0.2, 0.25) is 0 Å². The molecule has 100 valence electrons. The van der Waals surface area contributed by atoms with Gasteiger partial charge in [0.05, 0.1) is 0 Å². The summed E-state index contributed by atoms with van der Waals surface area (Å²) in [7, 11) is 0. The standard InChI is InChI=1S/C15H24N2S/c1-2-9-16-14(7-1)13-6-3-8-15(13)17-11-12-5-4-10-18-12/h4-5,10,13-17H,1-3,6-9,11H2. The van der Waals surface area contributed by atoms with Crippen molar-refractivity contribution in [3.8, 4) is 0 Å². The van der Waals surface area contributed by atoms with Crippen molar-refractivity contribution in [3.05, 3.63) is 22.4 Å². The second-order valence-electron chi connectivity index (χ2n) is 5.72. The number of rotatable bonds is 4. The van der Waals surface area contributed by atoms with Crippen LogP contribution in [0.1, 0.15) is 43.4 Å². The molecule has 2 nitrogen and oxygen atoms in total. The first-order chi connectivity index (χ1) is 8.93. The Balaban J connectivity index is 1.53. The van der Waals surface area contributed by atoms with Crippen molar-refractivity contribution in [2.75, 3.05) is 6.54 Å². The monoisotopic (exact) mass is 264 g/mol. The van der Waals surface area contributed by atoms with Crippen molar-refractivity contribution < 1.29 is 0 Å². The summed E-state index contributed by atoms with van der Waals surface area (Å²) in [6.45, 7) is 2.30. The van der Waals surface area contributed by atoms with E-state index >= 15 is 0 Å². The van der Waals surface area contributed by atoms with Gasteiger partial charge in [0, 0.05) is 23.5 Å². The molecule has 3 rings (SSSR count). The largest absolute Gasteiger partial charge is 0.314 e. The first kappa shape index (κ1) is 12.6. The normalized spacial score (nSPS) is 32.8. The van der Waals surface area contributed by atoms with Crippen LogP contribution in [-0.4, -0.2) is 18.6 Å². The lowest BCUT2D eigenvalue weighted by Gasteiger charge is -2.33. The van der Waals surface area contributed by atoms with Crippen LogP contribution in [0, 0.1) is 5.92 Å². The molecule has 1 saturated carbocycles. The Kier molecular flexibility index (Phi) is 4.34. The predicted octanol–water partition coefficient (Wildman–Crippen LogP) is 3.15. The summed E-state index contributed by atoms with van der Waals surface area (Å²) in [5.74, 6) is 0.866. The minimum atomic E-state index is 0.739. The summed E-state index contributed by atoms with van der Waals surface area (Å²) in [6, 6.07) is 5.90. The van der Waals surface area contributed by atoms with Crippen molar-refractivity contribution in [2.24, 2.45) is 5.92 Å². The van der Waals surface area contributed by atoms with E-state index in [9.17, 15) is 0 Å². The van der Waals surface area contributed by atoms with Gasteiger partial charge < -0.3 is 10.6 Å². The highest BCUT2D eigenvalue weighted by Crippen LogP contribution is 2.32. The molecule has 3 unspecified atom stereocenters. The Morgan fingerprint density at radius 1 is 1.22 bits per heavy atom. The summed E-state index contributed by atoms with van der Waals surface area (Å²) in [4.78, 5) is 1.47. The number of hydrogen-bond donors (Lipinski definition) is 2. The van der Waals surface area contributed by atoms with E-state index in [1.807, 2.05) is 11.3 Å². The number of piperidine rings is 1. The summed E-state index contributed by atoms with van der Waals surface area (Å²) in [5.41, 5.74) is 0. The minimum Gasteiger partial charge on any atom is -0.314 e. The predicted molar refractivity (Wildman–Crippen MR) is 77.9 cm³/mol. The number of hydrogen-bond acceptors (Lipinski definition) is 3. The van der Waals surface area contributed by atoms with Gasteiger partial charge in [0.15, 0.2) is 0 Å². The average Bonchev–Trinajstić information content (AvgIpc) is 3.09. The maximum absolute atomic E-state index is 3.80. The molecule has 1 aromatic heterocycles. The zero-order valence-electron chi connectivity index (χ0n) is 11.0. The third kappa shape index (κ3) is 2.95. The van der Waals surface area contributed by atoms with Gasteiger partial charge in [0.25, 0.3) is 0 Å². The SMILES string of the molecule is c1csc(CNC2CCCC2C2CCCCN2)c1. The van der Waals surface area contributed by atoms with Gasteiger partial charge in [-0.25, -0.2) is 0 Å². The first-order valence-corrected chi connectivity index (χ1v) is 8.30. The van der Waals surface area contributed by atoms with Crippen LogP contribution in [-0.2, 0) is 6.54 Å². The Hall–Kier alpha value is -0.380.